The summed E-state index contributed by atoms with van der Waals surface area (Å²) in [6, 6.07) is 20.0. The highest BCUT2D eigenvalue weighted by molar-refractivity contribution is 7.22. The van der Waals surface area contributed by atoms with Gasteiger partial charge in [-0.3, -0.25) is 9.59 Å². The minimum Gasteiger partial charge on any atom is -0.464 e. The molecule has 156 valence electrons. The van der Waals surface area contributed by atoms with Crippen molar-refractivity contribution in [2.45, 2.75) is 64.8 Å². The maximum absolute atomic E-state index is 13.6. The maximum atomic E-state index is 13.6. The smallest absolute Gasteiger partial charge is 0.320 e. The van der Waals surface area contributed by atoms with Crippen molar-refractivity contribution in [3.8, 4) is 0 Å². The summed E-state index contributed by atoms with van der Waals surface area (Å²) in [7, 11) is -3.43. The lowest BCUT2D eigenvalue weighted by molar-refractivity contribution is 0.0623. The van der Waals surface area contributed by atoms with Crippen molar-refractivity contribution >= 4 is 19.3 Å². The second kappa shape index (κ2) is 8.95. The molecule has 4 nitrogen and oxygen atoms in total. The number of carbonyl (C=O) groups excluding carboxylic acids is 2. The molecular weight excluding hydrogens is 380 g/mol. The van der Waals surface area contributed by atoms with Crippen molar-refractivity contribution in [1.29, 1.82) is 0 Å². The molecule has 0 bridgehead atoms. The molecule has 0 saturated carbocycles. The Bertz CT molecular complexity index is 746. The Morgan fingerprint density at radius 2 is 0.966 bits per heavy atom. The molecule has 0 saturated heterocycles. The van der Waals surface area contributed by atoms with Crippen LogP contribution in [0.25, 0.3) is 0 Å². The van der Waals surface area contributed by atoms with Crippen LogP contribution >= 0.6 is 0 Å². The zero-order chi connectivity index (χ0) is 21.7. The van der Waals surface area contributed by atoms with E-state index in [0.29, 0.717) is 12.1 Å². The Kier molecular flexibility index (Phi) is 7.06. The summed E-state index contributed by atoms with van der Waals surface area (Å²) < 4.78 is 11.6. The van der Waals surface area contributed by atoms with E-state index < -0.39 is 30.5 Å². The molecular formula is C24H32O4Si. The number of hydrogen-bond donors (Lipinski definition) is 0. The van der Waals surface area contributed by atoms with Gasteiger partial charge >= 0.3 is 8.07 Å². The molecule has 2 rings (SSSR count). The molecule has 0 unspecified atom stereocenters. The van der Waals surface area contributed by atoms with Gasteiger partial charge < -0.3 is 9.47 Å². The van der Waals surface area contributed by atoms with Gasteiger partial charge in [0.25, 0.3) is 11.2 Å². The van der Waals surface area contributed by atoms with Gasteiger partial charge in [0, 0.05) is 0 Å². The third-order valence-electron chi connectivity index (χ3n) is 4.28. The minimum atomic E-state index is -3.43. The van der Waals surface area contributed by atoms with Gasteiger partial charge in [0.15, 0.2) is 0 Å². The molecule has 0 aliphatic heterocycles. The molecule has 0 radical (unpaired) electrons. The van der Waals surface area contributed by atoms with Gasteiger partial charge in [0.05, 0.1) is 0 Å². The average Bonchev–Trinajstić information content (AvgIpc) is 2.60. The molecule has 0 atom stereocenters. The van der Waals surface area contributed by atoms with E-state index >= 15 is 0 Å². The predicted molar refractivity (Wildman–Crippen MR) is 119 cm³/mol. The molecule has 29 heavy (non-hydrogen) atoms. The first-order valence-corrected chi connectivity index (χ1v) is 12.4. The minimum absolute atomic E-state index is 0.340. The van der Waals surface area contributed by atoms with Crippen molar-refractivity contribution in [2.75, 3.05) is 0 Å². The molecule has 0 aromatic heterocycles. The second-order valence-electron chi connectivity index (χ2n) is 9.41. The van der Waals surface area contributed by atoms with Crippen LogP contribution in [-0.4, -0.2) is 30.5 Å². The Morgan fingerprint density at radius 1 is 0.655 bits per heavy atom. The molecule has 0 fully saturated rings. The van der Waals surface area contributed by atoms with Gasteiger partial charge in [0.1, 0.15) is 11.2 Å². The van der Waals surface area contributed by atoms with Crippen LogP contribution in [-0.2, 0) is 21.6 Å². The average molecular weight is 413 g/mol. The van der Waals surface area contributed by atoms with Gasteiger partial charge in [0.2, 0.25) is 0 Å². The summed E-state index contributed by atoms with van der Waals surface area (Å²) in [5.41, 5.74) is -0.354. The van der Waals surface area contributed by atoms with Crippen LogP contribution in [0.3, 0.4) is 0 Å². The van der Waals surface area contributed by atoms with E-state index in [1.54, 1.807) is 0 Å². The van der Waals surface area contributed by atoms with Gasteiger partial charge in [-0.25, -0.2) is 0 Å². The van der Waals surface area contributed by atoms with E-state index in [1.807, 2.05) is 102 Å². The van der Waals surface area contributed by atoms with E-state index in [9.17, 15) is 9.59 Å². The zero-order valence-electron chi connectivity index (χ0n) is 18.3. The number of ether oxygens (including phenoxy) is 2. The SMILES string of the molecule is CC(C)(C)OC(=O)[Si](Cc1ccccc1)(Cc1ccccc1)C(=O)OC(C)(C)C. The van der Waals surface area contributed by atoms with E-state index in [0.717, 1.165) is 11.1 Å². The van der Waals surface area contributed by atoms with Gasteiger partial charge in [-0.2, -0.15) is 0 Å². The van der Waals surface area contributed by atoms with Crippen molar-refractivity contribution in [3.63, 3.8) is 0 Å². The lowest BCUT2D eigenvalue weighted by Gasteiger charge is -2.33. The first-order valence-electron chi connectivity index (χ1n) is 9.96. The molecule has 5 heteroatoms. The quantitative estimate of drug-likeness (QED) is 0.543. The second-order valence-corrected chi connectivity index (χ2v) is 13.1. The molecule has 0 N–H and O–H groups in total. The highest BCUT2D eigenvalue weighted by Gasteiger charge is 2.55. The normalized spacial score (nSPS) is 12.3. The molecule has 0 heterocycles. The first-order chi connectivity index (χ1) is 13.4. The molecule has 0 amide bonds. The van der Waals surface area contributed by atoms with Gasteiger partial charge in [-0.1, -0.05) is 60.7 Å². The van der Waals surface area contributed by atoms with E-state index in [2.05, 4.69) is 0 Å². The fourth-order valence-corrected chi connectivity index (χ4v) is 6.81. The Morgan fingerprint density at radius 3 is 1.24 bits per heavy atom. The van der Waals surface area contributed by atoms with Crippen LogP contribution in [0.5, 0.6) is 0 Å². The fourth-order valence-electron chi connectivity index (χ4n) is 3.07. The summed E-state index contributed by atoms with van der Waals surface area (Å²) in [5.74, 6) is 0. The molecule has 0 spiro atoms. The Balaban J connectivity index is 2.57. The number of benzene rings is 2. The standard InChI is InChI=1S/C24H32O4Si/c1-23(2,3)27-21(25)29(22(26)28-24(4,5)6,17-19-13-9-7-10-14-19)18-20-15-11-8-12-16-20/h7-16H,17-18H2,1-6H3. The molecule has 2 aromatic rings. The first kappa shape index (κ1) is 22.9. The van der Waals surface area contributed by atoms with Crippen LogP contribution in [0, 0.1) is 0 Å². The maximum Gasteiger partial charge on any atom is 0.320 e. The van der Waals surface area contributed by atoms with Crippen LogP contribution in [0.15, 0.2) is 60.7 Å². The summed E-state index contributed by atoms with van der Waals surface area (Å²) in [4.78, 5) is 27.1. The van der Waals surface area contributed by atoms with Crippen molar-refractivity contribution in [1.82, 2.24) is 0 Å². The fraction of sp³-hybridized carbons (Fsp3) is 0.417. The van der Waals surface area contributed by atoms with Crippen LogP contribution < -0.4 is 0 Å². The molecule has 2 aromatic carbocycles. The van der Waals surface area contributed by atoms with Gasteiger partial charge in [-0.05, 0) is 64.8 Å². The Labute approximate surface area is 175 Å². The van der Waals surface area contributed by atoms with Crippen molar-refractivity contribution < 1.29 is 19.1 Å². The van der Waals surface area contributed by atoms with E-state index in [-0.39, 0.29) is 0 Å². The summed E-state index contributed by atoms with van der Waals surface area (Å²) in [6.45, 7) is 10.9. The number of carbonyl (C=O) groups is 2. The third kappa shape index (κ3) is 6.86. The summed E-state index contributed by atoms with van der Waals surface area (Å²) >= 11 is 0. The lowest BCUT2D eigenvalue weighted by Crippen LogP contribution is -2.60. The lowest BCUT2D eigenvalue weighted by atomic mass is 10.2. The number of rotatable bonds is 6. The summed E-state index contributed by atoms with van der Waals surface area (Å²) in [6.07, 6.45) is 0. The topological polar surface area (TPSA) is 52.6 Å². The predicted octanol–water partition coefficient (Wildman–Crippen LogP) is 6.03. The van der Waals surface area contributed by atoms with E-state index in [1.165, 1.54) is 0 Å². The monoisotopic (exact) mass is 412 g/mol. The van der Waals surface area contributed by atoms with Crippen LogP contribution in [0.1, 0.15) is 52.7 Å². The van der Waals surface area contributed by atoms with Crippen molar-refractivity contribution in [2.24, 2.45) is 0 Å². The highest BCUT2D eigenvalue weighted by Crippen LogP contribution is 2.27. The molecule has 0 aliphatic carbocycles. The van der Waals surface area contributed by atoms with Crippen molar-refractivity contribution in [3.05, 3.63) is 71.8 Å². The summed E-state index contributed by atoms with van der Waals surface area (Å²) in [5, 5.41) is 0. The zero-order valence-corrected chi connectivity index (χ0v) is 19.3. The van der Waals surface area contributed by atoms with Crippen LogP contribution in [0.4, 0.5) is 9.59 Å². The van der Waals surface area contributed by atoms with Crippen LogP contribution in [0.2, 0.25) is 0 Å². The van der Waals surface area contributed by atoms with Gasteiger partial charge in [-0.15, -0.1) is 0 Å². The highest BCUT2D eigenvalue weighted by atomic mass is 28.3. The third-order valence-corrected chi connectivity index (χ3v) is 8.07. The molecule has 0 aliphatic rings. The largest absolute Gasteiger partial charge is 0.464 e. The number of hydrogen-bond acceptors (Lipinski definition) is 4. The Hall–Kier alpha value is -2.40. The van der Waals surface area contributed by atoms with E-state index in [4.69, 9.17) is 9.47 Å².